The summed E-state index contributed by atoms with van der Waals surface area (Å²) in [5, 5.41) is 0. The number of esters is 1. The van der Waals surface area contributed by atoms with Crippen LogP contribution in [0.2, 0.25) is 0 Å². The van der Waals surface area contributed by atoms with Gasteiger partial charge in [0, 0.05) is 0 Å². The zero-order valence-electron chi connectivity index (χ0n) is 10.9. The monoisotopic (exact) mass is 250 g/mol. The average molecular weight is 250 g/mol. The Balaban J connectivity index is 2.90. The highest BCUT2D eigenvalue weighted by Crippen LogP contribution is 2.29. The normalized spacial score (nSPS) is 10.0. The molecule has 98 valence electrons. The summed E-state index contributed by atoms with van der Waals surface area (Å²) in [7, 11) is 1.53. The Morgan fingerprint density at radius 1 is 1.39 bits per heavy atom. The van der Waals surface area contributed by atoms with Gasteiger partial charge in [-0.2, -0.15) is 0 Å². The molecule has 0 spiro atoms. The summed E-state index contributed by atoms with van der Waals surface area (Å²) in [6, 6.07) is 4.94. The quantitative estimate of drug-likeness (QED) is 0.575. The van der Waals surface area contributed by atoms with Crippen LogP contribution in [0.15, 0.2) is 30.9 Å². The maximum atomic E-state index is 11.6. The van der Waals surface area contributed by atoms with Crippen molar-refractivity contribution in [1.29, 1.82) is 0 Å². The van der Waals surface area contributed by atoms with Gasteiger partial charge in [0.2, 0.25) is 0 Å². The van der Waals surface area contributed by atoms with Crippen molar-refractivity contribution in [2.45, 2.75) is 20.0 Å². The van der Waals surface area contributed by atoms with Crippen molar-refractivity contribution >= 4 is 5.97 Å². The third-order valence-electron chi connectivity index (χ3n) is 2.09. The molecule has 0 bridgehead atoms. The Hall–Kier alpha value is -1.97. The van der Waals surface area contributed by atoms with Crippen molar-refractivity contribution in [3.05, 3.63) is 36.4 Å². The van der Waals surface area contributed by atoms with Gasteiger partial charge < -0.3 is 14.2 Å². The molecule has 1 aromatic rings. The summed E-state index contributed by atoms with van der Waals surface area (Å²) in [5.41, 5.74) is 0.421. The minimum Gasteiger partial charge on any atom is -0.493 e. The van der Waals surface area contributed by atoms with Crippen molar-refractivity contribution in [2.24, 2.45) is 0 Å². The number of ether oxygens (including phenoxy) is 3. The highest BCUT2D eigenvalue weighted by molar-refractivity contribution is 5.90. The molecule has 0 aromatic heterocycles. The standard InChI is InChI=1S/C14H18O4/c1-5-8-17-14(15)11-6-7-12(18-10(2)3)13(9-11)16-4/h5-7,9-10H,1,8H2,2-4H3. The van der Waals surface area contributed by atoms with E-state index in [0.717, 1.165) is 0 Å². The summed E-state index contributed by atoms with van der Waals surface area (Å²) < 4.78 is 15.7. The molecule has 0 N–H and O–H groups in total. The zero-order valence-corrected chi connectivity index (χ0v) is 10.9. The van der Waals surface area contributed by atoms with E-state index in [9.17, 15) is 4.79 Å². The van der Waals surface area contributed by atoms with Gasteiger partial charge in [0.1, 0.15) is 6.61 Å². The maximum Gasteiger partial charge on any atom is 0.338 e. The lowest BCUT2D eigenvalue weighted by Crippen LogP contribution is -2.09. The lowest BCUT2D eigenvalue weighted by atomic mass is 10.2. The molecule has 0 unspecified atom stereocenters. The average Bonchev–Trinajstić information content (AvgIpc) is 2.35. The van der Waals surface area contributed by atoms with Gasteiger partial charge in [-0.05, 0) is 32.0 Å². The van der Waals surface area contributed by atoms with Crippen molar-refractivity contribution in [3.8, 4) is 11.5 Å². The van der Waals surface area contributed by atoms with Crippen LogP contribution >= 0.6 is 0 Å². The number of carbonyl (C=O) groups is 1. The van der Waals surface area contributed by atoms with Gasteiger partial charge in [-0.25, -0.2) is 4.79 Å². The van der Waals surface area contributed by atoms with E-state index in [0.29, 0.717) is 17.1 Å². The van der Waals surface area contributed by atoms with Gasteiger partial charge in [-0.3, -0.25) is 0 Å². The second kappa shape index (κ2) is 6.69. The predicted octanol–water partition coefficient (Wildman–Crippen LogP) is 2.83. The van der Waals surface area contributed by atoms with E-state index in [4.69, 9.17) is 14.2 Å². The summed E-state index contributed by atoms with van der Waals surface area (Å²) >= 11 is 0. The molecule has 4 heteroatoms. The van der Waals surface area contributed by atoms with E-state index >= 15 is 0 Å². The van der Waals surface area contributed by atoms with Crippen LogP contribution in [-0.4, -0.2) is 25.8 Å². The fraction of sp³-hybridized carbons (Fsp3) is 0.357. The number of methoxy groups -OCH3 is 1. The summed E-state index contributed by atoms with van der Waals surface area (Å²) in [4.78, 5) is 11.6. The molecule has 1 rings (SSSR count). The fourth-order valence-corrected chi connectivity index (χ4v) is 1.36. The van der Waals surface area contributed by atoms with Crippen LogP contribution in [0.4, 0.5) is 0 Å². The van der Waals surface area contributed by atoms with Gasteiger partial charge in [0.05, 0.1) is 18.8 Å². The summed E-state index contributed by atoms with van der Waals surface area (Å²) in [6.07, 6.45) is 1.56. The lowest BCUT2D eigenvalue weighted by Gasteiger charge is -2.14. The molecule has 0 amide bonds. The van der Waals surface area contributed by atoms with E-state index < -0.39 is 5.97 Å². The molecule has 0 aliphatic heterocycles. The molecule has 0 aliphatic carbocycles. The number of rotatable bonds is 6. The second-order valence-corrected chi connectivity index (χ2v) is 3.92. The molecular formula is C14H18O4. The molecule has 4 nitrogen and oxygen atoms in total. The SMILES string of the molecule is C=CCOC(=O)c1ccc(OC(C)C)c(OC)c1. The molecule has 0 heterocycles. The third kappa shape index (κ3) is 3.80. The molecule has 0 saturated carbocycles. The summed E-state index contributed by atoms with van der Waals surface area (Å²) in [5.74, 6) is 0.703. The molecule has 1 aromatic carbocycles. The zero-order chi connectivity index (χ0) is 13.5. The molecule has 0 atom stereocenters. The van der Waals surface area contributed by atoms with E-state index in [1.54, 1.807) is 18.2 Å². The predicted molar refractivity (Wildman–Crippen MR) is 69.2 cm³/mol. The van der Waals surface area contributed by atoms with E-state index in [1.165, 1.54) is 13.2 Å². The Morgan fingerprint density at radius 2 is 2.11 bits per heavy atom. The largest absolute Gasteiger partial charge is 0.493 e. The number of hydrogen-bond donors (Lipinski definition) is 0. The molecule has 0 fully saturated rings. The van der Waals surface area contributed by atoms with Crippen LogP contribution in [0.3, 0.4) is 0 Å². The molecule has 0 radical (unpaired) electrons. The van der Waals surface area contributed by atoms with Gasteiger partial charge in [0.25, 0.3) is 0 Å². The number of hydrogen-bond acceptors (Lipinski definition) is 4. The Labute approximate surface area is 107 Å². The minimum absolute atomic E-state index is 0.0393. The van der Waals surface area contributed by atoms with Gasteiger partial charge in [-0.1, -0.05) is 12.7 Å². The van der Waals surface area contributed by atoms with Crippen molar-refractivity contribution in [3.63, 3.8) is 0 Å². The van der Waals surface area contributed by atoms with Crippen molar-refractivity contribution in [1.82, 2.24) is 0 Å². The first-order chi connectivity index (χ1) is 8.58. The number of benzene rings is 1. The van der Waals surface area contributed by atoms with Gasteiger partial charge in [0.15, 0.2) is 11.5 Å². The Bertz CT molecular complexity index is 424. The lowest BCUT2D eigenvalue weighted by molar-refractivity contribution is 0.0549. The van der Waals surface area contributed by atoms with Crippen LogP contribution in [0.1, 0.15) is 24.2 Å². The Morgan fingerprint density at radius 3 is 2.67 bits per heavy atom. The first kappa shape index (κ1) is 14.1. The Kier molecular flexibility index (Phi) is 5.24. The second-order valence-electron chi connectivity index (χ2n) is 3.92. The van der Waals surface area contributed by atoms with Crippen molar-refractivity contribution in [2.75, 3.05) is 13.7 Å². The van der Waals surface area contributed by atoms with E-state index in [1.807, 2.05) is 13.8 Å². The van der Waals surface area contributed by atoms with E-state index in [2.05, 4.69) is 6.58 Å². The molecule has 0 aliphatic rings. The van der Waals surface area contributed by atoms with Crippen LogP contribution in [0.5, 0.6) is 11.5 Å². The smallest absolute Gasteiger partial charge is 0.338 e. The molecule has 0 saturated heterocycles. The van der Waals surface area contributed by atoms with Crippen LogP contribution in [-0.2, 0) is 4.74 Å². The summed E-state index contributed by atoms with van der Waals surface area (Å²) in [6.45, 7) is 7.52. The third-order valence-corrected chi connectivity index (χ3v) is 2.09. The maximum absolute atomic E-state index is 11.6. The van der Waals surface area contributed by atoms with Crippen LogP contribution < -0.4 is 9.47 Å². The molecular weight excluding hydrogens is 232 g/mol. The minimum atomic E-state index is -0.413. The first-order valence-electron chi connectivity index (χ1n) is 5.71. The molecule has 18 heavy (non-hydrogen) atoms. The number of carbonyl (C=O) groups excluding carboxylic acids is 1. The highest BCUT2D eigenvalue weighted by Gasteiger charge is 2.12. The van der Waals surface area contributed by atoms with E-state index in [-0.39, 0.29) is 12.7 Å². The first-order valence-corrected chi connectivity index (χ1v) is 5.71. The fourth-order valence-electron chi connectivity index (χ4n) is 1.36. The van der Waals surface area contributed by atoms with Gasteiger partial charge >= 0.3 is 5.97 Å². The van der Waals surface area contributed by atoms with Crippen LogP contribution in [0, 0.1) is 0 Å². The van der Waals surface area contributed by atoms with Crippen LogP contribution in [0.25, 0.3) is 0 Å². The van der Waals surface area contributed by atoms with Gasteiger partial charge in [-0.15, -0.1) is 0 Å². The topological polar surface area (TPSA) is 44.8 Å². The van der Waals surface area contributed by atoms with Crippen molar-refractivity contribution < 1.29 is 19.0 Å². The highest BCUT2D eigenvalue weighted by atomic mass is 16.5.